The van der Waals surface area contributed by atoms with E-state index < -0.39 is 0 Å². The molecule has 0 aliphatic carbocycles. The van der Waals surface area contributed by atoms with Crippen molar-refractivity contribution >= 4 is 5.71 Å². The summed E-state index contributed by atoms with van der Waals surface area (Å²) in [6, 6.07) is 19.8. The third-order valence-corrected chi connectivity index (χ3v) is 3.55. The van der Waals surface area contributed by atoms with E-state index in [2.05, 4.69) is 11.9 Å². The van der Waals surface area contributed by atoms with E-state index in [9.17, 15) is 0 Å². The molecule has 3 rings (SSSR count). The summed E-state index contributed by atoms with van der Waals surface area (Å²) < 4.78 is 5.96. The Morgan fingerprint density at radius 3 is 2.09 bits per heavy atom. The molecule has 109 valence electrons. The van der Waals surface area contributed by atoms with Crippen LogP contribution in [0, 0.1) is 12.3 Å². The minimum absolute atomic E-state index is 0.375. The third kappa shape index (κ3) is 2.70. The summed E-state index contributed by atoms with van der Waals surface area (Å²) in [5, 5.41) is 7.76. The van der Waals surface area contributed by atoms with Crippen molar-refractivity contribution in [1.29, 1.82) is 5.41 Å². The molecule has 0 spiro atoms. The second-order valence-electron chi connectivity index (χ2n) is 5.20. The molecule has 1 N–H and O–H groups in total. The Hall–Kier alpha value is -2.68. The van der Waals surface area contributed by atoms with Gasteiger partial charge in [0.05, 0.1) is 5.92 Å². The molecule has 3 heteroatoms. The quantitative estimate of drug-likeness (QED) is 0.690. The Morgan fingerprint density at radius 1 is 1.00 bits per heavy atom. The van der Waals surface area contributed by atoms with Crippen molar-refractivity contribution < 1.29 is 4.42 Å². The van der Waals surface area contributed by atoms with Crippen molar-refractivity contribution in [1.82, 2.24) is 4.98 Å². The van der Waals surface area contributed by atoms with Crippen LogP contribution in [0.2, 0.25) is 0 Å². The number of nitrogens with zero attached hydrogens (tertiary/aromatic N) is 1. The van der Waals surface area contributed by atoms with Gasteiger partial charge in [-0.1, -0.05) is 60.7 Å². The fraction of sp³-hybridized carbons (Fsp3) is 0.105. The van der Waals surface area contributed by atoms with Gasteiger partial charge in [0, 0.05) is 16.8 Å². The molecule has 2 aromatic carbocycles. The largest absolute Gasteiger partial charge is 0.439 e. The molecule has 1 atom stereocenters. The lowest BCUT2D eigenvalue weighted by molar-refractivity contribution is 0.511. The molecule has 0 saturated carbocycles. The summed E-state index contributed by atoms with van der Waals surface area (Å²) in [6.45, 7) is 5.68. The molecule has 3 aromatic rings. The summed E-state index contributed by atoms with van der Waals surface area (Å²) in [5.74, 6) is 0.821. The van der Waals surface area contributed by atoms with Crippen molar-refractivity contribution in [3.8, 4) is 22.6 Å². The number of hydrogen-bond donors (Lipinski definition) is 1. The Kier molecular flexibility index (Phi) is 3.88. The van der Waals surface area contributed by atoms with Gasteiger partial charge in [-0.3, -0.25) is 0 Å². The van der Waals surface area contributed by atoms with E-state index in [0.717, 1.165) is 22.6 Å². The fourth-order valence-electron chi connectivity index (χ4n) is 2.25. The zero-order chi connectivity index (χ0) is 15.5. The molecular formula is C19H17N2O. The number of aromatic nitrogens is 1. The van der Waals surface area contributed by atoms with Gasteiger partial charge in [0.1, 0.15) is 5.69 Å². The Bertz CT molecular complexity index is 719. The van der Waals surface area contributed by atoms with Gasteiger partial charge in [-0.25, -0.2) is 4.98 Å². The number of benzene rings is 2. The third-order valence-electron chi connectivity index (χ3n) is 3.55. The van der Waals surface area contributed by atoms with Crippen LogP contribution in [0.3, 0.4) is 0 Å². The number of rotatable bonds is 4. The maximum Gasteiger partial charge on any atom is 0.204 e. The molecule has 0 amide bonds. The van der Waals surface area contributed by atoms with E-state index in [1.807, 2.05) is 60.7 Å². The van der Waals surface area contributed by atoms with Crippen LogP contribution in [0.25, 0.3) is 22.6 Å². The number of oxazole rings is 1. The van der Waals surface area contributed by atoms with Crippen LogP contribution in [-0.2, 0) is 0 Å². The first kappa shape index (κ1) is 14.3. The molecule has 0 bridgehead atoms. The molecule has 3 nitrogen and oxygen atoms in total. The van der Waals surface area contributed by atoms with Crippen LogP contribution < -0.4 is 0 Å². The van der Waals surface area contributed by atoms with Crippen molar-refractivity contribution in [3.63, 3.8) is 0 Å². The van der Waals surface area contributed by atoms with Gasteiger partial charge in [-0.05, 0) is 13.8 Å². The minimum atomic E-state index is -0.375. The summed E-state index contributed by atoms with van der Waals surface area (Å²) >= 11 is 0. The smallest absolute Gasteiger partial charge is 0.204 e. The van der Waals surface area contributed by atoms with Gasteiger partial charge < -0.3 is 9.83 Å². The Morgan fingerprint density at radius 2 is 1.55 bits per heavy atom. The molecular weight excluding hydrogens is 272 g/mol. The maximum atomic E-state index is 7.76. The van der Waals surface area contributed by atoms with E-state index in [-0.39, 0.29) is 5.92 Å². The molecule has 0 unspecified atom stereocenters. The summed E-state index contributed by atoms with van der Waals surface area (Å²) in [4.78, 5) is 4.61. The van der Waals surface area contributed by atoms with Crippen LogP contribution in [0.15, 0.2) is 65.1 Å². The standard InChI is InChI=1S/C19H17N2O/c1-13(14(2)20)19-21-17(15-9-5-3-6-10-15)18(22-19)16-11-7-4-8-12-16/h3-13,20H,1H2,2H3/t13-/m1/s1. The normalized spacial score (nSPS) is 12.1. The van der Waals surface area contributed by atoms with E-state index in [1.165, 1.54) is 0 Å². The Balaban J connectivity index is 2.17. The van der Waals surface area contributed by atoms with E-state index in [1.54, 1.807) is 6.92 Å². The van der Waals surface area contributed by atoms with Crippen LogP contribution in [0.1, 0.15) is 18.7 Å². The van der Waals surface area contributed by atoms with Crippen molar-refractivity contribution in [2.24, 2.45) is 0 Å². The topological polar surface area (TPSA) is 49.9 Å². The molecule has 0 aliphatic heterocycles. The van der Waals surface area contributed by atoms with E-state index >= 15 is 0 Å². The number of nitrogens with one attached hydrogen (secondary N) is 1. The van der Waals surface area contributed by atoms with Gasteiger partial charge in [0.25, 0.3) is 0 Å². The highest BCUT2D eigenvalue weighted by Gasteiger charge is 2.21. The van der Waals surface area contributed by atoms with Gasteiger partial charge in [-0.15, -0.1) is 0 Å². The van der Waals surface area contributed by atoms with Crippen molar-refractivity contribution in [2.45, 2.75) is 12.8 Å². The zero-order valence-corrected chi connectivity index (χ0v) is 12.4. The van der Waals surface area contributed by atoms with Crippen LogP contribution in [0.4, 0.5) is 0 Å². The van der Waals surface area contributed by atoms with Gasteiger partial charge in [0.15, 0.2) is 5.76 Å². The summed E-state index contributed by atoms with van der Waals surface area (Å²) in [5.41, 5.74) is 3.18. The van der Waals surface area contributed by atoms with Crippen molar-refractivity contribution in [2.75, 3.05) is 0 Å². The molecule has 0 aliphatic rings. The summed E-state index contributed by atoms with van der Waals surface area (Å²) in [7, 11) is 0. The molecule has 0 fully saturated rings. The van der Waals surface area contributed by atoms with E-state index in [0.29, 0.717) is 11.6 Å². The SMILES string of the molecule is [CH2][C@H](C(C)=N)c1nc(-c2ccccc2)c(-c2ccccc2)o1. The highest BCUT2D eigenvalue weighted by molar-refractivity contribution is 5.86. The predicted octanol–water partition coefficient (Wildman–Crippen LogP) is 4.97. The van der Waals surface area contributed by atoms with Gasteiger partial charge in [0.2, 0.25) is 5.89 Å². The predicted molar refractivity (Wildman–Crippen MR) is 88.9 cm³/mol. The molecule has 1 radical (unpaired) electrons. The van der Waals surface area contributed by atoms with E-state index in [4.69, 9.17) is 9.83 Å². The average molecular weight is 289 g/mol. The highest BCUT2D eigenvalue weighted by Crippen LogP contribution is 2.34. The van der Waals surface area contributed by atoms with Crippen LogP contribution >= 0.6 is 0 Å². The molecule has 22 heavy (non-hydrogen) atoms. The molecule has 0 saturated heterocycles. The lowest BCUT2D eigenvalue weighted by atomic mass is 10.1. The fourth-order valence-corrected chi connectivity index (χ4v) is 2.25. The van der Waals surface area contributed by atoms with Crippen LogP contribution in [0.5, 0.6) is 0 Å². The number of hydrogen-bond acceptors (Lipinski definition) is 3. The monoisotopic (exact) mass is 289 g/mol. The molecule has 1 aromatic heterocycles. The van der Waals surface area contributed by atoms with Gasteiger partial charge >= 0.3 is 0 Å². The molecule has 1 heterocycles. The Labute approximate surface area is 130 Å². The first-order valence-corrected chi connectivity index (χ1v) is 7.16. The van der Waals surface area contributed by atoms with Gasteiger partial charge in [-0.2, -0.15) is 0 Å². The lowest BCUT2D eigenvalue weighted by Crippen LogP contribution is -2.03. The maximum absolute atomic E-state index is 7.76. The zero-order valence-electron chi connectivity index (χ0n) is 12.4. The first-order valence-electron chi connectivity index (χ1n) is 7.16. The second-order valence-corrected chi connectivity index (χ2v) is 5.20. The van der Waals surface area contributed by atoms with Crippen LogP contribution in [-0.4, -0.2) is 10.7 Å². The minimum Gasteiger partial charge on any atom is -0.439 e. The second kappa shape index (κ2) is 5.98. The lowest BCUT2D eigenvalue weighted by Gasteiger charge is -2.03. The first-order chi connectivity index (χ1) is 10.7. The average Bonchev–Trinajstić information content (AvgIpc) is 3.01. The summed E-state index contributed by atoms with van der Waals surface area (Å²) in [6.07, 6.45) is 0. The highest BCUT2D eigenvalue weighted by atomic mass is 16.4. The van der Waals surface area contributed by atoms with Crippen molar-refractivity contribution in [3.05, 3.63) is 73.5 Å².